The number of hydrogen-bond acceptors (Lipinski definition) is 5. The molecule has 0 fully saturated rings. The van der Waals surface area contributed by atoms with Gasteiger partial charge in [-0.1, -0.05) is 30.3 Å². The van der Waals surface area contributed by atoms with Gasteiger partial charge in [0, 0.05) is 11.1 Å². The smallest absolute Gasteiger partial charge is 0.387 e. The predicted octanol–water partition coefficient (Wildman–Crippen LogP) is 3.94. The van der Waals surface area contributed by atoms with Crippen LogP contribution >= 0.6 is 0 Å². The third kappa shape index (κ3) is 4.53. The number of halogens is 2. The summed E-state index contributed by atoms with van der Waals surface area (Å²) in [5, 5.41) is 13.9. The number of phenolic OH excluding ortho intramolecular Hbond substituents is 1. The van der Waals surface area contributed by atoms with Crippen LogP contribution in [0, 0.1) is 0 Å². The number of hydrogen-bond donors (Lipinski definition) is 2. The highest BCUT2D eigenvalue weighted by Gasteiger charge is 2.16. The van der Waals surface area contributed by atoms with Crippen LogP contribution in [0.2, 0.25) is 0 Å². The van der Waals surface area contributed by atoms with E-state index in [0.29, 0.717) is 11.1 Å². The Kier molecular flexibility index (Phi) is 5.69. The first-order valence-electron chi connectivity index (χ1n) is 8.16. The molecule has 0 aliphatic carbocycles. The number of rotatable bonds is 6. The van der Waals surface area contributed by atoms with Crippen LogP contribution in [-0.2, 0) is 9.53 Å². The molecule has 3 aromatic carbocycles. The summed E-state index contributed by atoms with van der Waals surface area (Å²) in [7, 11) is 0. The largest absolute Gasteiger partial charge is 0.506 e. The molecule has 0 heterocycles. The second kappa shape index (κ2) is 8.34. The molecule has 0 bridgehead atoms. The summed E-state index contributed by atoms with van der Waals surface area (Å²) in [6.45, 7) is -3.52. The summed E-state index contributed by atoms with van der Waals surface area (Å²) in [5.41, 5.74) is 0.260. The standard InChI is InChI=1S/C20H15F2NO5/c21-20(22)28-14-8-6-13(7-9-14)23-17(24)11-27-19(26)16-10-5-12-3-1-2-4-15(12)18(16)25/h1-10,20,25H,11H2,(H,23,24). The molecule has 1 amide bonds. The second-order valence-corrected chi connectivity index (χ2v) is 5.71. The molecule has 2 N–H and O–H groups in total. The van der Waals surface area contributed by atoms with Crippen molar-refractivity contribution in [1.29, 1.82) is 0 Å². The molecule has 0 saturated carbocycles. The fourth-order valence-electron chi connectivity index (χ4n) is 2.55. The van der Waals surface area contributed by atoms with Gasteiger partial charge in [0.2, 0.25) is 0 Å². The van der Waals surface area contributed by atoms with E-state index in [9.17, 15) is 23.5 Å². The maximum absolute atomic E-state index is 12.2. The van der Waals surface area contributed by atoms with Gasteiger partial charge in [-0.05, 0) is 35.7 Å². The molecule has 144 valence electrons. The highest BCUT2D eigenvalue weighted by atomic mass is 19.3. The molecule has 0 radical (unpaired) electrons. The molecule has 8 heteroatoms. The van der Waals surface area contributed by atoms with E-state index in [1.807, 2.05) is 0 Å². The molecule has 0 aliphatic heterocycles. The fourth-order valence-corrected chi connectivity index (χ4v) is 2.55. The number of amides is 1. The average molecular weight is 387 g/mol. The lowest BCUT2D eigenvalue weighted by Gasteiger charge is -2.10. The zero-order chi connectivity index (χ0) is 20.1. The maximum Gasteiger partial charge on any atom is 0.387 e. The normalized spacial score (nSPS) is 10.7. The van der Waals surface area contributed by atoms with Gasteiger partial charge in [0.25, 0.3) is 5.91 Å². The average Bonchev–Trinajstić information content (AvgIpc) is 2.68. The van der Waals surface area contributed by atoms with E-state index in [1.165, 1.54) is 30.3 Å². The molecule has 28 heavy (non-hydrogen) atoms. The van der Waals surface area contributed by atoms with Gasteiger partial charge < -0.3 is 19.9 Å². The van der Waals surface area contributed by atoms with Crippen molar-refractivity contribution >= 4 is 28.3 Å². The van der Waals surface area contributed by atoms with Gasteiger partial charge in [-0.25, -0.2) is 4.79 Å². The van der Waals surface area contributed by atoms with Crippen LogP contribution in [0.3, 0.4) is 0 Å². The molecule has 3 aromatic rings. The molecule has 0 atom stereocenters. The summed E-state index contributed by atoms with van der Waals surface area (Å²) in [6, 6.07) is 15.3. The Bertz CT molecular complexity index is 1010. The molecule has 0 aromatic heterocycles. The Hall–Kier alpha value is -3.68. The number of nitrogens with one attached hydrogen (secondary N) is 1. The van der Waals surface area contributed by atoms with Gasteiger partial charge in [-0.3, -0.25) is 4.79 Å². The van der Waals surface area contributed by atoms with Gasteiger partial charge >= 0.3 is 12.6 Å². The molecular formula is C20H15F2NO5. The summed E-state index contributed by atoms with van der Waals surface area (Å²) in [5.74, 6) is -1.75. The van der Waals surface area contributed by atoms with Crippen molar-refractivity contribution in [3.8, 4) is 11.5 Å². The van der Waals surface area contributed by atoms with E-state index in [2.05, 4.69) is 10.1 Å². The predicted molar refractivity (Wildman–Crippen MR) is 97.6 cm³/mol. The van der Waals surface area contributed by atoms with Gasteiger partial charge in [-0.2, -0.15) is 8.78 Å². The van der Waals surface area contributed by atoms with Crippen LogP contribution < -0.4 is 10.1 Å². The third-order valence-electron chi connectivity index (χ3n) is 3.82. The first-order chi connectivity index (χ1) is 13.4. The molecule has 3 rings (SSSR count). The van der Waals surface area contributed by atoms with Crippen molar-refractivity contribution in [3.63, 3.8) is 0 Å². The van der Waals surface area contributed by atoms with Crippen molar-refractivity contribution in [3.05, 3.63) is 66.2 Å². The zero-order valence-corrected chi connectivity index (χ0v) is 14.4. The number of anilines is 1. The van der Waals surface area contributed by atoms with E-state index in [0.717, 1.165) is 5.39 Å². The van der Waals surface area contributed by atoms with Crippen LogP contribution in [0.1, 0.15) is 10.4 Å². The third-order valence-corrected chi connectivity index (χ3v) is 3.82. The lowest BCUT2D eigenvalue weighted by Crippen LogP contribution is -2.21. The Morgan fingerprint density at radius 2 is 1.71 bits per heavy atom. The lowest BCUT2D eigenvalue weighted by molar-refractivity contribution is -0.119. The molecule has 0 spiro atoms. The van der Waals surface area contributed by atoms with Crippen molar-refractivity contribution < 1.29 is 33.0 Å². The van der Waals surface area contributed by atoms with Crippen molar-refractivity contribution in [2.75, 3.05) is 11.9 Å². The van der Waals surface area contributed by atoms with Gasteiger partial charge in [-0.15, -0.1) is 0 Å². The molecule has 0 unspecified atom stereocenters. The molecule has 6 nitrogen and oxygen atoms in total. The van der Waals surface area contributed by atoms with E-state index in [4.69, 9.17) is 4.74 Å². The zero-order valence-electron chi connectivity index (χ0n) is 14.4. The summed E-state index contributed by atoms with van der Waals surface area (Å²) in [4.78, 5) is 24.1. The van der Waals surface area contributed by atoms with Crippen LogP contribution in [0.25, 0.3) is 10.8 Å². The number of phenols is 1. The number of carbonyl (C=O) groups excluding carboxylic acids is 2. The number of alkyl halides is 2. The van der Waals surface area contributed by atoms with Crippen LogP contribution in [-0.4, -0.2) is 30.2 Å². The van der Waals surface area contributed by atoms with E-state index >= 15 is 0 Å². The van der Waals surface area contributed by atoms with E-state index < -0.39 is 25.1 Å². The number of ether oxygens (including phenoxy) is 2. The summed E-state index contributed by atoms with van der Waals surface area (Å²) >= 11 is 0. The summed E-state index contributed by atoms with van der Waals surface area (Å²) in [6.07, 6.45) is 0. The number of fused-ring (bicyclic) bond motifs is 1. The lowest BCUT2D eigenvalue weighted by atomic mass is 10.1. The topological polar surface area (TPSA) is 84.9 Å². The van der Waals surface area contributed by atoms with E-state index in [1.54, 1.807) is 30.3 Å². The Morgan fingerprint density at radius 3 is 2.43 bits per heavy atom. The highest BCUT2D eigenvalue weighted by Crippen LogP contribution is 2.29. The number of benzene rings is 3. The Labute approximate surface area is 158 Å². The quantitative estimate of drug-likeness (QED) is 0.626. The highest BCUT2D eigenvalue weighted by molar-refractivity contribution is 6.02. The minimum atomic E-state index is -2.94. The number of aromatic hydroxyl groups is 1. The maximum atomic E-state index is 12.2. The summed E-state index contributed by atoms with van der Waals surface area (Å²) < 4.78 is 33.3. The van der Waals surface area contributed by atoms with E-state index in [-0.39, 0.29) is 17.1 Å². The van der Waals surface area contributed by atoms with Gasteiger partial charge in [0.1, 0.15) is 17.1 Å². The van der Waals surface area contributed by atoms with Gasteiger partial charge in [0.05, 0.1) is 0 Å². The molecular weight excluding hydrogens is 372 g/mol. The molecule has 0 saturated heterocycles. The first kappa shape index (κ1) is 19.1. The first-order valence-corrected chi connectivity index (χ1v) is 8.16. The van der Waals surface area contributed by atoms with Crippen molar-refractivity contribution in [2.24, 2.45) is 0 Å². The minimum absolute atomic E-state index is 0.0498. The second-order valence-electron chi connectivity index (χ2n) is 5.71. The van der Waals surface area contributed by atoms with Crippen LogP contribution in [0.5, 0.6) is 11.5 Å². The van der Waals surface area contributed by atoms with Crippen molar-refractivity contribution in [2.45, 2.75) is 6.61 Å². The molecule has 0 aliphatic rings. The number of carbonyl (C=O) groups is 2. The minimum Gasteiger partial charge on any atom is -0.506 e. The Balaban J connectivity index is 1.58. The SMILES string of the molecule is O=C(COC(=O)c1ccc2ccccc2c1O)Nc1ccc(OC(F)F)cc1. The van der Waals surface area contributed by atoms with Crippen molar-refractivity contribution in [1.82, 2.24) is 0 Å². The van der Waals surface area contributed by atoms with Gasteiger partial charge in [0.15, 0.2) is 6.61 Å². The van der Waals surface area contributed by atoms with Crippen LogP contribution in [0.4, 0.5) is 14.5 Å². The number of esters is 1. The Morgan fingerprint density at radius 1 is 1.00 bits per heavy atom. The fraction of sp³-hybridized carbons (Fsp3) is 0.100. The van der Waals surface area contributed by atoms with Crippen LogP contribution in [0.15, 0.2) is 60.7 Å². The monoisotopic (exact) mass is 387 g/mol.